The van der Waals surface area contributed by atoms with Crippen LogP contribution in [0.4, 0.5) is 0 Å². The van der Waals surface area contributed by atoms with Gasteiger partial charge in [0.05, 0.1) is 0 Å². The van der Waals surface area contributed by atoms with E-state index < -0.39 is 0 Å². The van der Waals surface area contributed by atoms with Crippen molar-refractivity contribution in [3.05, 3.63) is 421 Å². The van der Waals surface area contributed by atoms with Gasteiger partial charge in [-0.3, -0.25) is 0 Å². The third kappa shape index (κ3) is 14.6. The zero-order valence-corrected chi connectivity index (χ0v) is 67.9. The van der Waals surface area contributed by atoms with E-state index in [0.717, 1.165) is 0 Å². The Bertz CT molecular complexity index is 7140. The zero-order chi connectivity index (χ0) is 79.1. The quantitative estimate of drug-likeness (QED) is 0.154. The molecule has 0 aliphatic carbocycles. The van der Waals surface area contributed by atoms with Gasteiger partial charge in [0.25, 0.3) is 0 Å². The van der Waals surface area contributed by atoms with Crippen molar-refractivity contribution in [2.45, 2.75) is 87.0 Å². The highest BCUT2D eigenvalue weighted by molar-refractivity contribution is 6.20. The van der Waals surface area contributed by atoms with Gasteiger partial charge in [0.2, 0.25) is 0 Å². The Hall–Kier alpha value is -13.3. The van der Waals surface area contributed by atoms with Crippen LogP contribution in [-0.4, -0.2) is 0 Å². The molecule has 115 heavy (non-hydrogen) atoms. The molecule has 0 spiro atoms. The molecular weight excluding hydrogens is 1380 g/mol. The molecule has 0 heteroatoms. The molecule has 0 aromatic heterocycles. The van der Waals surface area contributed by atoms with E-state index in [9.17, 15) is 0 Å². The lowest BCUT2D eigenvalue weighted by Crippen LogP contribution is -2.17. The normalized spacial score (nSPS) is 11.6. The monoisotopic (exact) mass is 1480 g/mol. The van der Waals surface area contributed by atoms with Gasteiger partial charge >= 0.3 is 0 Å². The fraction of sp³-hybridized carbons (Fsp3) is 0.113. The van der Waals surface area contributed by atoms with Gasteiger partial charge in [0.1, 0.15) is 0 Å². The van der Waals surface area contributed by atoms with Gasteiger partial charge in [-0.15, -0.1) is 0 Å². The van der Waals surface area contributed by atoms with Crippen LogP contribution in [0.3, 0.4) is 0 Å². The molecule has 21 aromatic carbocycles. The summed E-state index contributed by atoms with van der Waals surface area (Å²) in [6.07, 6.45) is 0. The van der Waals surface area contributed by atoms with E-state index >= 15 is 0 Å². The molecule has 0 heterocycles. The van der Waals surface area contributed by atoms with Crippen LogP contribution in [-0.2, 0) is 10.8 Å². The molecule has 0 unspecified atom stereocenters. The molecule has 0 saturated carbocycles. The SMILES string of the molecule is Cc1c2ccccc2c(-c2ccc3ccccc3c2)c2ccccc12.Cc1c2ccccc2c(-c2cccc3ccccc23)c2ccccc12.Cc1ccc2c(-c3ccccc3)c3ccccc3cc2c1.Cc1ccc2c(C(C)(C)C)c3ccccc3c(C(C)(C)C)c2c1.Cc1ccc2cc3ccccc3c(-c3ccccc3)c2c1. The first-order valence-corrected chi connectivity index (χ1v) is 40.6. The van der Waals surface area contributed by atoms with Crippen molar-refractivity contribution in [2.75, 3.05) is 0 Å². The second-order valence-electron chi connectivity index (χ2n) is 33.2. The van der Waals surface area contributed by atoms with Gasteiger partial charge in [-0.1, -0.05) is 422 Å². The van der Waals surface area contributed by atoms with E-state index in [4.69, 9.17) is 0 Å². The van der Waals surface area contributed by atoms with Crippen LogP contribution in [0.1, 0.15) is 80.5 Å². The van der Waals surface area contributed by atoms with E-state index in [1.807, 2.05) is 0 Å². The first-order valence-electron chi connectivity index (χ1n) is 40.6. The summed E-state index contributed by atoms with van der Waals surface area (Å²) in [6, 6.07) is 138. The second-order valence-corrected chi connectivity index (χ2v) is 33.2. The van der Waals surface area contributed by atoms with Crippen molar-refractivity contribution >= 4 is 129 Å². The van der Waals surface area contributed by atoms with Crippen LogP contribution in [0.15, 0.2) is 382 Å². The van der Waals surface area contributed by atoms with Crippen LogP contribution in [0.25, 0.3) is 174 Å². The predicted molar refractivity (Wildman–Crippen MR) is 505 cm³/mol. The molecule has 0 N–H and O–H groups in total. The second kappa shape index (κ2) is 31.4. The summed E-state index contributed by atoms with van der Waals surface area (Å²) in [7, 11) is 0. The van der Waals surface area contributed by atoms with E-state index in [1.165, 1.54) is 213 Å². The molecular formula is C115H96. The van der Waals surface area contributed by atoms with Crippen molar-refractivity contribution in [3.8, 4) is 44.5 Å². The van der Waals surface area contributed by atoms with Crippen LogP contribution in [0.5, 0.6) is 0 Å². The summed E-state index contributed by atoms with van der Waals surface area (Å²) < 4.78 is 0. The van der Waals surface area contributed by atoms with E-state index in [-0.39, 0.29) is 10.8 Å². The van der Waals surface area contributed by atoms with Gasteiger partial charge in [-0.05, 0) is 260 Å². The van der Waals surface area contributed by atoms with E-state index in [1.54, 1.807) is 0 Å². The number of hydrogen-bond acceptors (Lipinski definition) is 0. The number of fused-ring (bicyclic) bond motifs is 12. The number of hydrogen-bond donors (Lipinski definition) is 0. The molecule has 0 aliphatic rings. The fourth-order valence-electron chi connectivity index (χ4n) is 18.2. The van der Waals surface area contributed by atoms with Gasteiger partial charge in [-0.25, -0.2) is 0 Å². The largest absolute Gasteiger partial charge is 0.0622 e. The molecule has 0 radical (unpaired) electrons. The highest BCUT2D eigenvalue weighted by Gasteiger charge is 2.28. The van der Waals surface area contributed by atoms with Crippen molar-refractivity contribution in [3.63, 3.8) is 0 Å². The minimum absolute atomic E-state index is 0.113. The number of benzene rings is 21. The van der Waals surface area contributed by atoms with Crippen LogP contribution < -0.4 is 0 Å². The lowest BCUT2D eigenvalue weighted by atomic mass is 9.74. The molecule has 0 atom stereocenters. The summed E-state index contributed by atoms with van der Waals surface area (Å²) in [5, 5.41) is 32.0. The third-order valence-electron chi connectivity index (χ3n) is 23.3. The van der Waals surface area contributed by atoms with Crippen LogP contribution in [0, 0.1) is 34.6 Å². The van der Waals surface area contributed by atoms with Gasteiger partial charge in [-0.2, -0.15) is 0 Å². The van der Waals surface area contributed by atoms with Crippen molar-refractivity contribution < 1.29 is 0 Å². The standard InChI is InChI=1S/2C25H18.C23H28.2C21H16/c1-17-19-11-4-6-14-22(19)25(23-15-7-5-12-20(17)23)24-16-8-10-18-9-2-3-13-21(18)24;1-17-21-10-4-6-12-23(21)25(24-13-7-5-11-22(17)24)20-15-14-18-8-2-3-9-19(18)16-20;1-15-12-13-18-19(14-15)21(23(5,6)7)17-11-9-8-10-16(17)20(18)22(2,3)4;1-15-11-12-20-18(13-15)14-17-9-5-6-10-19(17)21(20)16-7-3-2-4-8-16;1-15-11-12-18-14-17-9-5-6-10-19(17)21(20(18)13-15)16-7-3-2-4-8-16/h2*2-16H,1H3;8-14H,1-7H3;2*2-14H,1H3. The summed E-state index contributed by atoms with van der Waals surface area (Å²) in [6.45, 7) is 24.9. The Morgan fingerprint density at radius 2 is 0.470 bits per heavy atom. The number of rotatable bonds is 4. The average molecular weight is 1480 g/mol. The van der Waals surface area contributed by atoms with Crippen LogP contribution >= 0.6 is 0 Å². The minimum atomic E-state index is 0.113. The summed E-state index contributed by atoms with van der Waals surface area (Å²) >= 11 is 0. The van der Waals surface area contributed by atoms with Crippen LogP contribution in [0.2, 0.25) is 0 Å². The molecule has 0 bridgehead atoms. The van der Waals surface area contributed by atoms with Crippen molar-refractivity contribution in [1.82, 2.24) is 0 Å². The van der Waals surface area contributed by atoms with Crippen molar-refractivity contribution in [1.29, 1.82) is 0 Å². The molecule has 0 nitrogen and oxygen atoms in total. The Morgan fingerprint density at radius 3 is 0.974 bits per heavy atom. The minimum Gasteiger partial charge on any atom is -0.0622 e. The number of aryl methyl sites for hydroxylation is 5. The topological polar surface area (TPSA) is 0 Å². The smallest absolute Gasteiger partial charge is 0.00204 e. The highest BCUT2D eigenvalue weighted by Crippen LogP contribution is 2.47. The Kier molecular flexibility index (Phi) is 20.3. The molecule has 0 amide bonds. The Labute approximate surface area is 677 Å². The molecule has 0 aliphatic heterocycles. The Morgan fingerprint density at radius 1 is 0.157 bits per heavy atom. The lowest BCUT2D eigenvalue weighted by molar-refractivity contribution is 0.593. The van der Waals surface area contributed by atoms with Gasteiger partial charge < -0.3 is 0 Å². The van der Waals surface area contributed by atoms with Gasteiger partial charge in [0, 0.05) is 0 Å². The zero-order valence-electron chi connectivity index (χ0n) is 67.9. The summed E-state index contributed by atoms with van der Waals surface area (Å²) in [4.78, 5) is 0. The maximum absolute atomic E-state index is 2.37. The molecule has 21 rings (SSSR count). The van der Waals surface area contributed by atoms with E-state index in [2.05, 4.69) is 458 Å². The van der Waals surface area contributed by atoms with E-state index in [0.29, 0.717) is 0 Å². The third-order valence-corrected chi connectivity index (χ3v) is 23.3. The first-order chi connectivity index (χ1) is 55.9. The molecule has 21 aromatic rings. The fourth-order valence-corrected chi connectivity index (χ4v) is 18.2. The highest BCUT2D eigenvalue weighted by atomic mass is 14.3. The summed E-state index contributed by atoms with van der Waals surface area (Å²) in [5.41, 5.74) is 20.3. The van der Waals surface area contributed by atoms with Crippen molar-refractivity contribution in [2.24, 2.45) is 0 Å². The maximum Gasteiger partial charge on any atom is -0.00204 e. The molecule has 0 fully saturated rings. The molecule has 0 saturated heterocycles. The average Bonchev–Trinajstić information content (AvgIpc) is 0.740. The lowest BCUT2D eigenvalue weighted by Gasteiger charge is -2.30. The summed E-state index contributed by atoms with van der Waals surface area (Å²) in [5.74, 6) is 0. The maximum atomic E-state index is 2.37. The molecule has 556 valence electrons. The predicted octanol–water partition coefficient (Wildman–Crippen LogP) is 33.1. The Balaban J connectivity index is 0.000000104. The first kappa shape index (κ1) is 74.5. The van der Waals surface area contributed by atoms with Gasteiger partial charge in [0.15, 0.2) is 0 Å².